The Hall–Kier alpha value is -4.20. The number of carbonyl (C=O) groups is 4. The van der Waals surface area contributed by atoms with Crippen LogP contribution in [0.15, 0.2) is 84.2 Å². The zero-order valence-corrected chi connectivity index (χ0v) is 20.5. The lowest BCUT2D eigenvalue weighted by Crippen LogP contribution is -2.47. The zero-order chi connectivity index (χ0) is 25.9. The quantitative estimate of drug-likeness (QED) is 0.489. The average Bonchev–Trinajstić information content (AvgIpc) is 2.90. The van der Waals surface area contributed by atoms with Gasteiger partial charge in [0.25, 0.3) is 0 Å². The summed E-state index contributed by atoms with van der Waals surface area (Å²) in [5.41, 5.74) is 1.94. The molecule has 0 fully saturated rings. The molecule has 0 saturated heterocycles. The molecule has 8 heteroatoms. The molecule has 1 heterocycles. The van der Waals surface area contributed by atoms with E-state index in [0.717, 1.165) is 18.4 Å². The molecule has 188 valence electrons. The van der Waals surface area contributed by atoms with Gasteiger partial charge in [0.05, 0.1) is 11.7 Å². The van der Waals surface area contributed by atoms with E-state index < -0.39 is 18.0 Å². The van der Waals surface area contributed by atoms with Gasteiger partial charge in [-0.05, 0) is 18.1 Å². The lowest BCUT2D eigenvalue weighted by molar-refractivity contribution is -0.128. The molecule has 1 unspecified atom stereocenters. The van der Waals surface area contributed by atoms with Crippen LogP contribution in [0, 0.1) is 0 Å². The molecule has 1 atom stereocenters. The van der Waals surface area contributed by atoms with Crippen molar-refractivity contribution in [3.63, 3.8) is 0 Å². The minimum atomic E-state index is -0.736. The molecule has 1 aliphatic heterocycles. The third-order valence-corrected chi connectivity index (χ3v) is 5.72. The van der Waals surface area contributed by atoms with Gasteiger partial charge < -0.3 is 20.3 Å². The van der Waals surface area contributed by atoms with E-state index in [1.54, 1.807) is 36.5 Å². The molecule has 3 rings (SSSR count). The van der Waals surface area contributed by atoms with Gasteiger partial charge in [-0.15, -0.1) is 0 Å². The summed E-state index contributed by atoms with van der Waals surface area (Å²) in [5.74, 6) is -0.990. The molecule has 0 radical (unpaired) electrons. The number of nitrogens with zero attached hydrogens (tertiary/aromatic N) is 1. The lowest BCUT2D eigenvalue weighted by Gasteiger charge is -2.34. The Labute approximate surface area is 211 Å². The van der Waals surface area contributed by atoms with Gasteiger partial charge >= 0.3 is 6.09 Å². The number of hydrogen-bond donors (Lipinski definition) is 2. The number of benzene rings is 2. The Morgan fingerprint density at radius 3 is 2.28 bits per heavy atom. The maximum Gasteiger partial charge on any atom is 0.407 e. The van der Waals surface area contributed by atoms with Crippen LogP contribution >= 0.6 is 0 Å². The number of hydrogen-bond acceptors (Lipinski definition) is 5. The van der Waals surface area contributed by atoms with Gasteiger partial charge in [-0.2, -0.15) is 0 Å². The lowest BCUT2D eigenvalue weighted by atomic mass is 9.92. The topological polar surface area (TPSA) is 105 Å². The molecule has 2 aromatic rings. The van der Waals surface area contributed by atoms with Gasteiger partial charge in [0, 0.05) is 24.3 Å². The number of carbonyl (C=O) groups excluding carboxylic acids is 4. The summed E-state index contributed by atoms with van der Waals surface area (Å²) < 4.78 is 5.15. The third kappa shape index (κ3) is 7.15. The van der Waals surface area contributed by atoms with E-state index in [2.05, 4.69) is 10.6 Å². The molecule has 0 spiro atoms. The first kappa shape index (κ1) is 26.4. The van der Waals surface area contributed by atoms with E-state index in [4.69, 9.17) is 4.74 Å². The molecule has 2 N–H and O–H groups in total. The van der Waals surface area contributed by atoms with Crippen LogP contribution in [-0.2, 0) is 20.9 Å². The fraction of sp³-hybridized carbons (Fsp3) is 0.286. The second kappa shape index (κ2) is 13.0. The van der Waals surface area contributed by atoms with Crippen molar-refractivity contribution in [1.29, 1.82) is 0 Å². The maximum absolute atomic E-state index is 13.3. The average molecular weight is 490 g/mol. The number of ketones is 1. The summed E-state index contributed by atoms with van der Waals surface area (Å²) >= 11 is 0. The van der Waals surface area contributed by atoms with Crippen LogP contribution in [0.25, 0.3) is 0 Å². The van der Waals surface area contributed by atoms with E-state index >= 15 is 0 Å². The van der Waals surface area contributed by atoms with Gasteiger partial charge in [0.15, 0.2) is 5.78 Å². The summed E-state index contributed by atoms with van der Waals surface area (Å²) in [4.78, 5) is 52.1. The standard InChI is InChI=1S/C28H31N3O5/c1-3-4-15-24-26(30-25(33)18-29-28(35)36-19-21-11-7-5-8-12-21)23(16-17-31(24)20(2)32)27(34)22-13-9-6-10-14-22/h5-14,16-17,24H,3-4,15,18-19H2,1-2H3,(H,29,35)(H,30,33). The number of Topliss-reactive ketones (excluding diaryl/α,β-unsaturated/α-hetero) is 1. The van der Waals surface area contributed by atoms with Crippen LogP contribution in [0.1, 0.15) is 49.0 Å². The molecule has 3 amide bonds. The normalized spacial score (nSPS) is 14.8. The van der Waals surface area contributed by atoms with Crippen molar-refractivity contribution in [1.82, 2.24) is 15.5 Å². The van der Waals surface area contributed by atoms with Crippen molar-refractivity contribution in [3.05, 3.63) is 95.3 Å². The van der Waals surface area contributed by atoms with Crippen molar-refractivity contribution in [3.8, 4) is 0 Å². The molecule has 0 aromatic heterocycles. The maximum atomic E-state index is 13.3. The van der Waals surface area contributed by atoms with E-state index in [0.29, 0.717) is 23.3 Å². The highest BCUT2D eigenvalue weighted by Crippen LogP contribution is 2.27. The minimum Gasteiger partial charge on any atom is -0.445 e. The summed E-state index contributed by atoms with van der Waals surface area (Å²) in [6, 6.07) is 17.4. The van der Waals surface area contributed by atoms with Crippen molar-refractivity contribution in [2.75, 3.05) is 6.54 Å². The van der Waals surface area contributed by atoms with Crippen LogP contribution < -0.4 is 10.6 Å². The first-order chi connectivity index (χ1) is 17.4. The van der Waals surface area contributed by atoms with Crippen molar-refractivity contribution in [2.45, 2.75) is 45.8 Å². The molecule has 2 aromatic carbocycles. The Balaban J connectivity index is 1.76. The smallest absolute Gasteiger partial charge is 0.407 e. The third-order valence-electron chi connectivity index (χ3n) is 5.72. The monoisotopic (exact) mass is 489 g/mol. The second-order valence-electron chi connectivity index (χ2n) is 8.39. The van der Waals surface area contributed by atoms with Crippen molar-refractivity contribution < 1.29 is 23.9 Å². The summed E-state index contributed by atoms with van der Waals surface area (Å²) in [5, 5.41) is 5.23. The Morgan fingerprint density at radius 2 is 1.64 bits per heavy atom. The number of ether oxygens (including phenoxy) is 1. The zero-order valence-electron chi connectivity index (χ0n) is 20.5. The van der Waals surface area contributed by atoms with Crippen molar-refractivity contribution >= 4 is 23.7 Å². The fourth-order valence-corrected chi connectivity index (χ4v) is 3.89. The summed E-state index contributed by atoms with van der Waals surface area (Å²) in [7, 11) is 0. The predicted molar refractivity (Wildman–Crippen MR) is 136 cm³/mol. The predicted octanol–water partition coefficient (Wildman–Crippen LogP) is 4.10. The second-order valence-corrected chi connectivity index (χ2v) is 8.39. The van der Waals surface area contributed by atoms with Gasteiger partial charge in [-0.3, -0.25) is 14.4 Å². The molecule has 0 aliphatic carbocycles. The van der Waals surface area contributed by atoms with E-state index in [9.17, 15) is 19.2 Å². The first-order valence-electron chi connectivity index (χ1n) is 12.0. The number of alkyl carbamates (subject to hydrolysis) is 1. The molecule has 0 bridgehead atoms. The van der Waals surface area contributed by atoms with Crippen LogP contribution in [-0.4, -0.2) is 41.2 Å². The molecular weight excluding hydrogens is 458 g/mol. The molecular formula is C28H31N3O5. The largest absolute Gasteiger partial charge is 0.445 e. The summed E-state index contributed by atoms with van der Waals surface area (Å²) in [6.45, 7) is 3.19. The highest BCUT2D eigenvalue weighted by atomic mass is 16.5. The molecule has 8 nitrogen and oxygen atoms in total. The van der Waals surface area contributed by atoms with Crippen LogP contribution in [0.4, 0.5) is 4.79 Å². The van der Waals surface area contributed by atoms with Gasteiger partial charge in [-0.1, -0.05) is 80.4 Å². The highest BCUT2D eigenvalue weighted by Gasteiger charge is 2.32. The number of unbranched alkanes of at least 4 members (excludes halogenated alkanes) is 1. The first-order valence-corrected chi connectivity index (χ1v) is 12.0. The summed E-state index contributed by atoms with van der Waals surface area (Å²) in [6.07, 6.45) is 4.64. The van der Waals surface area contributed by atoms with Crippen LogP contribution in [0.2, 0.25) is 0 Å². The Bertz CT molecular complexity index is 1140. The molecule has 1 aliphatic rings. The fourth-order valence-electron chi connectivity index (χ4n) is 3.89. The SMILES string of the molecule is CCCCC1C(NC(=O)CNC(=O)OCc2ccccc2)=C(C(=O)c2ccccc2)C=CN1C(C)=O. The molecule has 36 heavy (non-hydrogen) atoms. The Kier molecular flexibility index (Phi) is 9.56. The number of allylic oxidation sites excluding steroid dienone is 2. The van der Waals surface area contributed by atoms with Gasteiger partial charge in [0.1, 0.15) is 13.2 Å². The van der Waals surface area contributed by atoms with Gasteiger partial charge in [0.2, 0.25) is 11.8 Å². The Morgan fingerprint density at radius 1 is 0.972 bits per heavy atom. The van der Waals surface area contributed by atoms with E-state index in [-0.39, 0.29) is 24.8 Å². The highest BCUT2D eigenvalue weighted by molar-refractivity contribution is 6.11. The van der Waals surface area contributed by atoms with E-state index in [1.165, 1.54) is 11.8 Å². The van der Waals surface area contributed by atoms with Crippen LogP contribution in [0.5, 0.6) is 0 Å². The van der Waals surface area contributed by atoms with E-state index in [1.807, 2.05) is 43.3 Å². The number of rotatable bonds is 10. The number of nitrogens with one attached hydrogen (secondary N) is 2. The van der Waals surface area contributed by atoms with Crippen LogP contribution in [0.3, 0.4) is 0 Å². The van der Waals surface area contributed by atoms with Crippen molar-refractivity contribution in [2.24, 2.45) is 0 Å². The number of amides is 3. The minimum absolute atomic E-state index is 0.0760. The van der Waals surface area contributed by atoms with Gasteiger partial charge in [-0.25, -0.2) is 4.79 Å². The molecule has 0 saturated carbocycles.